The molecule has 0 aliphatic rings. The molecule has 0 bridgehead atoms. The summed E-state index contributed by atoms with van der Waals surface area (Å²) in [4.78, 5) is 35.6. The molecule has 0 aromatic heterocycles. The van der Waals surface area contributed by atoms with Gasteiger partial charge in [-0.3, -0.25) is 14.4 Å². The molecule has 0 fully saturated rings. The Hall–Kier alpha value is -2.57. The third-order valence-corrected chi connectivity index (χ3v) is 4.76. The van der Waals surface area contributed by atoms with Crippen LogP contribution in [-0.4, -0.2) is 24.4 Å². The first-order valence-electron chi connectivity index (χ1n) is 9.17. The van der Waals surface area contributed by atoms with Crippen LogP contribution < -0.4 is 10.6 Å². The summed E-state index contributed by atoms with van der Waals surface area (Å²) in [7, 11) is 0. The van der Waals surface area contributed by atoms with Crippen LogP contribution in [0.25, 0.3) is 0 Å². The number of nitrogens with one attached hydrogen (secondary N) is 2. The number of carbonyl (C=O) groups excluding carboxylic acids is 3. The van der Waals surface area contributed by atoms with Crippen molar-refractivity contribution in [2.75, 3.05) is 17.2 Å². The summed E-state index contributed by atoms with van der Waals surface area (Å²) in [5.41, 5.74) is 2.23. The lowest BCUT2D eigenvalue weighted by Crippen LogP contribution is -2.21. The third-order valence-electron chi connectivity index (χ3n) is 4.02. The second-order valence-corrected chi connectivity index (χ2v) is 7.06. The summed E-state index contributed by atoms with van der Waals surface area (Å²) in [6.07, 6.45) is 1.24. The lowest BCUT2D eigenvalue weighted by Gasteiger charge is -2.10. The van der Waals surface area contributed by atoms with Gasteiger partial charge in [-0.2, -0.15) is 0 Å². The van der Waals surface area contributed by atoms with Gasteiger partial charge in [0.25, 0.3) is 5.91 Å². The van der Waals surface area contributed by atoms with Crippen LogP contribution in [0.2, 0.25) is 10.0 Å². The standard InChI is InChI=1S/C21H22Cl2N2O4/c1-2-14-6-3-4-7-18(14)25-20(27)13-29-21(28)9-5-8-19(26)24-15-10-11-16(22)17(23)12-15/h3-4,6-7,10-12H,2,5,8-9,13H2,1H3,(H,24,26)(H,25,27). The highest BCUT2D eigenvalue weighted by molar-refractivity contribution is 6.42. The van der Waals surface area contributed by atoms with Gasteiger partial charge in [-0.25, -0.2) is 0 Å². The van der Waals surface area contributed by atoms with Gasteiger partial charge in [0, 0.05) is 24.2 Å². The van der Waals surface area contributed by atoms with E-state index in [1.54, 1.807) is 24.3 Å². The van der Waals surface area contributed by atoms with Crippen LogP contribution in [-0.2, 0) is 25.5 Å². The molecule has 8 heteroatoms. The van der Waals surface area contributed by atoms with Crippen molar-refractivity contribution in [3.63, 3.8) is 0 Å². The first kappa shape index (κ1) is 22.7. The number of anilines is 2. The van der Waals surface area contributed by atoms with E-state index >= 15 is 0 Å². The quantitative estimate of drug-likeness (QED) is 0.550. The lowest BCUT2D eigenvalue weighted by molar-refractivity contribution is -0.147. The van der Waals surface area contributed by atoms with Gasteiger partial charge < -0.3 is 15.4 Å². The van der Waals surface area contributed by atoms with Crippen LogP contribution in [0.1, 0.15) is 31.7 Å². The molecule has 2 aromatic carbocycles. The van der Waals surface area contributed by atoms with Gasteiger partial charge >= 0.3 is 5.97 Å². The number of halogens is 2. The summed E-state index contributed by atoms with van der Waals surface area (Å²) >= 11 is 11.7. The number of carbonyl (C=O) groups is 3. The molecule has 0 unspecified atom stereocenters. The Morgan fingerprint density at radius 1 is 0.931 bits per heavy atom. The first-order valence-corrected chi connectivity index (χ1v) is 9.93. The molecule has 29 heavy (non-hydrogen) atoms. The molecule has 2 amide bonds. The maximum absolute atomic E-state index is 11.9. The molecular weight excluding hydrogens is 415 g/mol. The minimum atomic E-state index is -0.536. The maximum Gasteiger partial charge on any atom is 0.306 e. The van der Waals surface area contributed by atoms with Gasteiger partial charge in [0.2, 0.25) is 5.91 Å². The van der Waals surface area contributed by atoms with Crippen LogP contribution in [0.5, 0.6) is 0 Å². The Kier molecular flexibility index (Phi) is 8.96. The highest BCUT2D eigenvalue weighted by atomic mass is 35.5. The molecule has 0 heterocycles. The number of ether oxygens (including phenoxy) is 1. The highest BCUT2D eigenvalue weighted by Crippen LogP contribution is 2.25. The van der Waals surface area contributed by atoms with E-state index in [1.807, 2.05) is 25.1 Å². The zero-order valence-corrected chi connectivity index (χ0v) is 17.5. The summed E-state index contributed by atoms with van der Waals surface area (Å²) in [6.45, 7) is 1.62. The fourth-order valence-corrected chi connectivity index (χ4v) is 2.84. The highest BCUT2D eigenvalue weighted by Gasteiger charge is 2.11. The number of para-hydroxylation sites is 1. The molecule has 0 saturated carbocycles. The Morgan fingerprint density at radius 3 is 2.41 bits per heavy atom. The van der Waals surface area contributed by atoms with Crippen molar-refractivity contribution >= 4 is 52.4 Å². The molecular formula is C21H22Cl2N2O4. The topological polar surface area (TPSA) is 84.5 Å². The Balaban J connectivity index is 1.66. The number of hydrogen-bond donors (Lipinski definition) is 2. The van der Waals surface area contributed by atoms with Crippen molar-refractivity contribution in [1.29, 1.82) is 0 Å². The van der Waals surface area contributed by atoms with E-state index in [1.165, 1.54) is 0 Å². The first-order chi connectivity index (χ1) is 13.9. The van der Waals surface area contributed by atoms with E-state index in [9.17, 15) is 14.4 Å². The van der Waals surface area contributed by atoms with Gasteiger partial charge in [0.1, 0.15) is 0 Å². The van der Waals surface area contributed by atoms with Gasteiger partial charge in [0.15, 0.2) is 6.61 Å². The third kappa shape index (κ3) is 7.75. The van der Waals surface area contributed by atoms with E-state index in [4.69, 9.17) is 27.9 Å². The van der Waals surface area contributed by atoms with E-state index < -0.39 is 11.9 Å². The van der Waals surface area contributed by atoms with Crippen molar-refractivity contribution in [3.05, 3.63) is 58.1 Å². The fraction of sp³-hybridized carbons (Fsp3) is 0.286. The maximum atomic E-state index is 11.9. The van der Waals surface area contributed by atoms with Crippen molar-refractivity contribution in [3.8, 4) is 0 Å². The minimum absolute atomic E-state index is 0.0353. The predicted octanol–water partition coefficient (Wildman–Crippen LogP) is 4.85. The molecule has 0 aliphatic heterocycles. The smallest absolute Gasteiger partial charge is 0.306 e. The van der Waals surface area contributed by atoms with Gasteiger partial charge in [-0.05, 0) is 42.7 Å². The normalized spacial score (nSPS) is 10.3. The van der Waals surface area contributed by atoms with Crippen LogP contribution >= 0.6 is 23.2 Å². The van der Waals surface area contributed by atoms with Crippen molar-refractivity contribution in [2.24, 2.45) is 0 Å². The summed E-state index contributed by atoms with van der Waals surface area (Å²) in [5.74, 6) is -1.20. The number of rotatable bonds is 9. The van der Waals surface area contributed by atoms with E-state index in [-0.39, 0.29) is 25.4 Å². The van der Waals surface area contributed by atoms with Gasteiger partial charge in [0.05, 0.1) is 10.0 Å². The predicted molar refractivity (Wildman–Crippen MR) is 114 cm³/mol. The molecule has 2 rings (SSSR count). The number of aryl methyl sites for hydroxylation is 1. The minimum Gasteiger partial charge on any atom is -0.456 e. The number of amides is 2. The zero-order valence-electron chi connectivity index (χ0n) is 16.0. The number of esters is 1. The molecule has 0 radical (unpaired) electrons. The van der Waals surface area contributed by atoms with Crippen molar-refractivity contribution in [1.82, 2.24) is 0 Å². The Labute approximate surface area is 179 Å². The molecule has 2 N–H and O–H groups in total. The van der Waals surface area contributed by atoms with Crippen molar-refractivity contribution in [2.45, 2.75) is 32.6 Å². The van der Waals surface area contributed by atoms with Crippen LogP contribution in [0.4, 0.5) is 11.4 Å². The van der Waals surface area contributed by atoms with Gasteiger partial charge in [-0.1, -0.05) is 48.3 Å². The monoisotopic (exact) mass is 436 g/mol. The number of benzene rings is 2. The zero-order chi connectivity index (χ0) is 21.2. The SMILES string of the molecule is CCc1ccccc1NC(=O)COC(=O)CCCC(=O)Nc1ccc(Cl)c(Cl)c1. The van der Waals surface area contributed by atoms with Crippen LogP contribution in [0, 0.1) is 0 Å². The summed E-state index contributed by atoms with van der Waals surface area (Å²) in [6, 6.07) is 12.2. The molecule has 2 aromatic rings. The Bertz CT molecular complexity index is 887. The molecule has 6 nitrogen and oxygen atoms in total. The Morgan fingerprint density at radius 2 is 1.69 bits per heavy atom. The van der Waals surface area contributed by atoms with Crippen LogP contribution in [0.15, 0.2) is 42.5 Å². The van der Waals surface area contributed by atoms with E-state index in [0.717, 1.165) is 12.0 Å². The second kappa shape index (κ2) is 11.4. The average molecular weight is 437 g/mol. The molecule has 0 saturated heterocycles. The molecule has 0 atom stereocenters. The lowest BCUT2D eigenvalue weighted by atomic mass is 10.1. The van der Waals surface area contributed by atoms with E-state index in [2.05, 4.69) is 10.6 Å². The molecule has 154 valence electrons. The van der Waals surface area contributed by atoms with Gasteiger partial charge in [-0.15, -0.1) is 0 Å². The second-order valence-electron chi connectivity index (χ2n) is 6.25. The summed E-state index contributed by atoms with van der Waals surface area (Å²) < 4.78 is 4.96. The van der Waals surface area contributed by atoms with Crippen molar-refractivity contribution < 1.29 is 19.1 Å². The van der Waals surface area contributed by atoms with Crippen LogP contribution in [0.3, 0.4) is 0 Å². The molecule has 0 aliphatic carbocycles. The fourth-order valence-electron chi connectivity index (χ4n) is 2.55. The average Bonchev–Trinajstić information content (AvgIpc) is 2.69. The molecule has 0 spiro atoms. The summed E-state index contributed by atoms with van der Waals surface area (Å²) in [5, 5.41) is 6.14. The largest absolute Gasteiger partial charge is 0.456 e. The number of hydrogen-bond acceptors (Lipinski definition) is 4. The van der Waals surface area contributed by atoms with E-state index in [0.29, 0.717) is 27.8 Å².